The Morgan fingerprint density at radius 2 is 1.79 bits per heavy atom. The molecule has 0 aliphatic carbocycles. The van der Waals surface area contributed by atoms with Crippen molar-refractivity contribution < 1.29 is 15.0 Å². The molecule has 0 aliphatic rings. The van der Waals surface area contributed by atoms with Crippen LogP contribution in [0.25, 0.3) is 6.08 Å². The standard InChI is InChI=1S/C19H18Cl2O3/c1-11(2)14-7-12(3-5-18(14)22)8-15-16(20)9-13(10-17(15)21)4-6-19(23)24/h3-7,9-11,22H,8H2,1-2H3,(H,23,24)/b6-4-. The number of carboxylic acids is 1. The van der Waals surface area contributed by atoms with Crippen molar-refractivity contribution in [2.75, 3.05) is 0 Å². The van der Waals surface area contributed by atoms with Crippen LogP contribution in [0.4, 0.5) is 0 Å². The lowest BCUT2D eigenvalue weighted by Gasteiger charge is -2.13. The Bertz CT molecular complexity index is 772. The van der Waals surface area contributed by atoms with Crippen molar-refractivity contribution >= 4 is 35.2 Å². The van der Waals surface area contributed by atoms with Gasteiger partial charge in [-0.25, -0.2) is 4.79 Å². The number of aliphatic carboxylic acids is 1. The minimum atomic E-state index is -1.03. The highest BCUT2D eigenvalue weighted by Gasteiger charge is 2.12. The number of phenolic OH excluding ortho intramolecular Hbond substituents is 1. The van der Waals surface area contributed by atoms with Crippen LogP contribution in [0.2, 0.25) is 10.0 Å². The molecule has 0 heterocycles. The first kappa shape index (κ1) is 18.4. The summed E-state index contributed by atoms with van der Waals surface area (Å²) < 4.78 is 0. The van der Waals surface area contributed by atoms with Crippen molar-refractivity contribution in [2.45, 2.75) is 26.2 Å². The predicted molar refractivity (Wildman–Crippen MR) is 98.1 cm³/mol. The van der Waals surface area contributed by atoms with Gasteiger partial charge in [0.25, 0.3) is 0 Å². The minimum Gasteiger partial charge on any atom is -0.508 e. The first-order valence-corrected chi connectivity index (χ1v) is 8.24. The number of benzene rings is 2. The van der Waals surface area contributed by atoms with E-state index >= 15 is 0 Å². The van der Waals surface area contributed by atoms with Gasteiger partial charge in [-0.05, 0) is 52.4 Å². The summed E-state index contributed by atoms with van der Waals surface area (Å²) in [4.78, 5) is 10.6. The van der Waals surface area contributed by atoms with E-state index < -0.39 is 5.97 Å². The van der Waals surface area contributed by atoms with Gasteiger partial charge in [-0.2, -0.15) is 0 Å². The average molecular weight is 365 g/mol. The maximum absolute atomic E-state index is 10.6. The molecule has 2 aromatic carbocycles. The number of hydrogen-bond acceptors (Lipinski definition) is 2. The number of carboxylic acid groups (broad SMARTS) is 1. The summed E-state index contributed by atoms with van der Waals surface area (Å²) in [5.41, 5.74) is 3.27. The van der Waals surface area contributed by atoms with Gasteiger partial charge >= 0.3 is 5.97 Å². The van der Waals surface area contributed by atoms with E-state index in [0.29, 0.717) is 22.0 Å². The van der Waals surface area contributed by atoms with Gasteiger partial charge in [-0.3, -0.25) is 0 Å². The van der Waals surface area contributed by atoms with Gasteiger partial charge in [0, 0.05) is 22.5 Å². The van der Waals surface area contributed by atoms with Crippen LogP contribution in [0.5, 0.6) is 5.75 Å². The van der Waals surface area contributed by atoms with Gasteiger partial charge in [0.1, 0.15) is 5.75 Å². The second kappa shape index (κ2) is 7.73. The Kier molecular flexibility index (Phi) is 5.92. The van der Waals surface area contributed by atoms with Gasteiger partial charge in [0.05, 0.1) is 0 Å². The lowest BCUT2D eigenvalue weighted by Crippen LogP contribution is -1.96. The molecule has 0 fully saturated rings. The monoisotopic (exact) mass is 364 g/mol. The molecule has 0 saturated heterocycles. The normalized spacial score (nSPS) is 11.4. The summed E-state index contributed by atoms with van der Waals surface area (Å²) in [6, 6.07) is 8.84. The van der Waals surface area contributed by atoms with Crippen LogP contribution >= 0.6 is 23.2 Å². The molecule has 0 amide bonds. The fourth-order valence-electron chi connectivity index (χ4n) is 2.44. The number of phenols is 1. The van der Waals surface area contributed by atoms with Crippen LogP contribution < -0.4 is 0 Å². The third-order valence-electron chi connectivity index (χ3n) is 3.68. The molecule has 0 spiro atoms. The summed E-state index contributed by atoms with van der Waals surface area (Å²) in [5, 5.41) is 19.6. The van der Waals surface area contributed by atoms with Crippen LogP contribution in [0.3, 0.4) is 0 Å². The van der Waals surface area contributed by atoms with E-state index in [1.165, 1.54) is 6.08 Å². The molecule has 0 radical (unpaired) electrons. The first-order chi connectivity index (χ1) is 11.3. The predicted octanol–water partition coefficient (Wildman–Crippen LogP) is 5.51. The maximum atomic E-state index is 10.6. The Labute approximate surface area is 151 Å². The second-order valence-electron chi connectivity index (χ2n) is 5.86. The van der Waals surface area contributed by atoms with E-state index in [1.54, 1.807) is 18.2 Å². The van der Waals surface area contributed by atoms with Crippen molar-refractivity contribution in [1.82, 2.24) is 0 Å². The first-order valence-electron chi connectivity index (χ1n) is 7.48. The van der Waals surface area contributed by atoms with E-state index in [0.717, 1.165) is 22.8 Å². The third-order valence-corrected chi connectivity index (χ3v) is 4.35. The topological polar surface area (TPSA) is 57.5 Å². The summed E-state index contributed by atoms with van der Waals surface area (Å²) in [7, 11) is 0. The quantitative estimate of drug-likeness (QED) is 0.687. The molecule has 0 aliphatic heterocycles. The number of halogens is 2. The maximum Gasteiger partial charge on any atom is 0.328 e. The third kappa shape index (κ3) is 4.53. The van der Waals surface area contributed by atoms with Crippen LogP contribution in [-0.2, 0) is 11.2 Å². The second-order valence-corrected chi connectivity index (χ2v) is 6.67. The summed E-state index contributed by atoms with van der Waals surface area (Å²) in [6.07, 6.45) is 3.01. The Hall–Kier alpha value is -1.97. The van der Waals surface area contributed by atoms with Gasteiger partial charge in [-0.1, -0.05) is 49.2 Å². The number of rotatable bonds is 5. The van der Waals surface area contributed by atoms with E-state index in [4.69, 9.17) is 28.3 Å². The smallest absolute Gasteiger partial charge is 0.328 e. The van der Waals surface area contributed by atoms with Crippen LogP contribution in [0.15, 0.2) is 36.4 Å². The van der Waals surface area contributed by atoms with Crippen LogP contribution in [0, 0.1) is 0 Å². The van der Waals surface area contributed by atoms with Crippen LogP contribution in [-0.4, -0.2) is 16.2 Å². The number of carbonyl (C=O) groups is 1. The fraction of sp³-hybridized carbons (Fsp3) is 0.211. The lowest BCUT2D eigenvalue weighted by molar-refractivity contribution is -0.131. The Morgan fingerprint density at radius 1 is 1.17 bits per heavy atom. The van der Waals surface area contributed by atoms with Crippen molar-refractivity contribution in [3.63, 3.8) is 0 Å². The highest BCUT2D eigenvalue weighted by atomic mass is 35.5. The Morgan fingerprint density at radius 3 is 2.33 bits per heavy atom. The van der Waals surface area contributed by atoms with E-state index in [2.05, 4.69) is 0 Å². The molecule has 0 aromatic heterocycles. The average Bonchev–Trinajstić information content (AvgIpc) is 2.50. The molecule has 0 unspecified atom stereocenters. The summed E-state index contributed by atoms with van der Waals surface area (Å²) >= 11 is 12.6. The van der Waals surface area contributed by atoms with E-state index in [1.807, 2.05) is 26.0 Å². The minimum absolute atomic E-state index is 0.208. The molecule has 2 aromatic rings. The van der Waals surface area contributed by atoms with Gasteiger partial charge in [-0.15, -0.1) is 0 Å². The van der Waals surface area contributed by atoms with Gasteiger partial charge in [0.2, 0.25) is 0 Å². The largest absolute Gasteiger partial charge is 0.508 e. The molecule has 126 valence electrons. The molecule has 0 atom stereocenters. The van der Waals surface area contributed by atoms with Crippen molar-refractivity contribution in [2.24, 2.45) is 0 Å². The molecular formula is C19H18Cl2O3. The van der Waals surface area contributed by atoms with Crippen molar-refractivity contribution in [3.8, 4) is 5.75 Å². The van der Waals surface area contributed by atoms with Gasteiger partial charge < -0.3 is 10.2 Å². The summed E-state index contributed by atoms with van der Waals surface area (Å²) in [6.45, 7) is 4.03. The molecule has 5 heteroatoms. The molecule has 3 nitrogen and oxygen atoms in total. The molecule has 0 bridgehead atoms. The molecular weight excluding hydrogens is 347 g/mol. The zero-order valence-corrected chi connectivity index (χ0v) is 14.9. The summed E-state index contributed by atoms with van der Waals surface area (Å²) in [5.74, 6) is -0.545. The SMILES string of the molecule is CC(C)c1cc(Cc2c(Cl)cc(/C=C\C(=O)O)cc2Cl)ccc1O. The number of hydrogen-bond donors (Lipinski definition) is 2. The molecule has 0 saturated carbocycles. The molecule has 2 rings (SSSR count). The van der Waals surface area contributed by atoms with E-state index in [9.17, 15) is 9.90 Å². The molecule has 24 heavy (non-hydrogen) atoms. The Balaban J connectivity index is 2.34. The fourth-order valence-corrected chi connectivity index (χ4v) is 3.07. The lowest BCUT2D eigenvalue weighted by atomic mass is 9.96. The number of aromatic hydroxyl groups is 1. The van der Waals surface area contributed by atoms with E-state index in [-0.39, 0.29) is 11.7 Å². The van der Waals surface area contributed by atoms with Crippen LogP contribution in [0.1, 0.15) is 42.0 Å². The van der Waals surface area contributed by atoms with Crippen molar-refractivity contribution in [1.29, 1.82) is 0 Å². The highest BCUT2D eigenvalue weighted by Crippen LogP contribution is 2.32. The van der Waals surface area contributed by atoms with Crippen molar-refractivity contribution in [3.05, 3.63) is 68.7 Å². The van der Waals surface area contributed by atoms with Gasteiger partial charge in [0.15, 0.2) is 0 Å². The zero-order valence-electron chi connectivity index (χ0n) is 13.4. The molecule has 2 N–H and O–H groups in total. The zero-order chi connectivity index (χ0) is 17.9. The highest BCUT2D eigenvalue weighted by molar-refractivity contribution is 6.36.